The van der Waals surface area contributed by atoms with Gasteiger partial charge in [-0.1, -0.05) is 25.1 Å². The minimum absolute atomic E-state index is 0.232. The van der Waals surface area contributed by atoms with Gasteiger partial charge in [0.2, 0.25) is 0 Å². The van der Waals surface area contributed by atoms with Crippen LogP contribution in [0.2, 0.25) is 0 Å². The second-order valence-corrected chi connectivity index (χ2v) is 7.09. The summed E-state index contributed by atoms with van der Waals surface area (Å²) in [4.78, 5) is 5.23. The van der Waals surface area contributed by atoms with E-state index in [1.54, 1.807) is 0 Å². The number of hydrogen-bond acceptors (Lipinski definition) is 3. The van der Waals surface area contributed by atoms with Crippen LogP contribution >= 0.6 is 0 Å². The number of likely N-dealkylation sites (tertiary alicyclic amines) is 1. The Morgan fingerprint density at radius 2 is 1.81 bits per heavy atom. The molecule has 21 heavy (non-hydrogen) atoms. The third kappa shape index (κ3) is 2.82. The Morgan fingerprint density at radius 3 is 2.33 bits per heavy atom. The molecule has 2 heterocycles. The maximum absolute atomic E-state index is 6.25. The van der Waals surface area contributed by atoms with Gasteiger partial charge in [0.05, 0.1) is 0 Å². The second kappa shape index (κ2) is 5.98. The molecule has 2 saturated heterocycles. The van der Waals surface area contributed by atoms with Crippen molar-refractivity contribution in [3.05, 3.63) is 30.3 Å². The van der Waals surface area contributed by atoms with Crippen molar-refractivity contribution < 1.29 is 0 Å². The minimum Gasteiger partial charge on any atom is -0.371 e. The van der Waals surface area contributed by atoms with Crippen LogP contribution in [0.1, 0.15) is 33.1 Å². The van der Waals surface area contributed by atoms with Crippen molar-refractivity contribution in [1.82, 2.24) is 4.90 Å². The smallest absolute Gasteiger partial charge is 0.0368 e. The van der Waals surface area contributed by atoms with Gasteiger partial charge >= 0.3 is 0 Å². The van der Waals surface area contributed by atoms with Crippen molar-refractivity contribution in [1.29, 1.82) is 0 Å². The van der Waals surface area contributed by atoms with Crippen LogP contribution in [-0.4, -0.2) is 42.7 Å². The number of anilines is 1. The summed E-state index contributed by atoms with van der Waals surface area (Å²) in [6, 6.07) is 11.5. The Balaban J connectivity index is 1.70. The predicted octanol–water partition coefficient (Wildman–Crippen LogP) is 2.71. The maximum Gasteiger partial charge on any atom is 0.0368 e. The molecule has 116 valence electrons. The van der Waals surface area contributed by atoms with E-state index in [0.717, 1.165) is 25.6 Å². The summed E-state index contributed by atoms with van der Waals surface area (Å²) in [7, 11) is 0. The van der Waals surface area contributed by atoms with Gasteiger partial charge in [0.1, 0.15) is 0 Å². The molecule has 3 rings (SSSR count). The molecule has 3 heteroatoms. The third-order valence-corrected chi connectivity index (χ3v) is 5.59. The van der Waals surface area contributed by atoms with E-state index < -0.39 is 0 Å². The normalized spacial score (nSPS) is 29.8. The first-order valence-electron chi connectivity index (χ1n) is 8.41. The zero-order chi connectivity index (χ0) is 14.9. The minimum atomic E-state index is 0.232. The fraction of sp³-hybridized carbons (Fsp3) is 0.667. The van der Waals surface area contributed by atoms with E-state index in [1.807, 2.05) is 0 Å². The van der Waals surface area contributed by atoms with Gasteiger partial charge in [-0.15, -0.1) is 0 Å². The molecule has 0 amide bonds. The summed E-state index contributed by atoms with van der Waals surface area (Å²) in [5, 5.41) is 0. The molecule has 2 aliphatic heterocycles. The van der Waals surface area contributed by atoms with E-state index in [2.05, 4.69) is 54.0 Å². The van der Waals surface area contributed by atoms with Crippen LogP contribution in [0.4, 0.5) is 5.69 Å². The number of rotatable bonds is 3. The van der Waals surface area contributed by atoms with Crippen LogP contribution in [0.25, 0.3) is 0 Å². The first kappa shape index (κ1) is 14.9. The first-order chi connectivity index (χ1) is 10.1. The Labute approximate surface area is 129 Å². The summed E-state index contributed by atoms with van der Waals surface area (Å²) >= 11 is 0. The van der Waals surface area contributed by atoms with Crippen molar-refractivity contribution in [3.63, 3.8) is 0 Å². The SMILES string of the molecule is CC1CC(C)N(C2(CN)CCN(c3ccccc3)CC2)C1. The second-order valence-electron chi connectivity index (χ2n) is 7.09. The Morgan fingerprint density at radius 1 is 1.14 bits per heavy atom. The number of hydrogen-bond donors (Lipinski definition) is 1. The highest BCUT2D eigenvalue weighted by molar-refractivity contribution is 5.46. The lowest BCUT2D eigenvalue weighted by molar-refractivity contribution is 0.0610. The molecule has 1 aromatic rings. The Hall–Kier alpha value is -1.06. The third-order valence-electron chi connectivity index (χ3n) is 5.59. The van der Waals surface area contributed by atoms with Gasteiger partial charge < -0.3 is 10.6 Å². The van der Waals surface area contributed by atoms with Crippen molar-refractivity contribution in [2.45, 2.75) is 44.7 Å². The summed E-state index contributed by atoms with van der Waals surface area (Å²) in [5.41, 5.74) is 7.83. The molecule has 0 aliphatic carbocycles. The van der Waals surface area contributed by atoms with E-state index >= 15 is 0 Å². The van der Waals surface area contributed by atoms with Gasteiger partial charge in [0.15, 0.2) is 0 Å². The largest absolute Gasteiger partial charge is 0.371 e. The lowest BCUT2D eigenvalue weighted by Gasteiger charge is -2.49. The number of para-hydroxylation sites is 1. The van der Waals surface area contributed by atoms with Crippen molar-refractivity contribution >= 4 is 5.69 Å². The lowest BCUT2D eigenvalue weighted by atomic mass is 9.85. The van der Waals surface area contributed by atoms with Crippen LogP contribution in [0.3, 0.4) is 0 Å². The monoisotopic (exact) mass is 287 g/mol. The lowest BCUT2D eigenvalue weighted by Crippen LogP contribution is -2.60. The average Bonchev–Trinajstić information content (AvgIpc) is 2.87. The molecule has 2 fully saturated rings. The van der Waals surface area contributed by atoms with Gasteiger partial charge in [0, 0.05) is 43.4 Å². The number of nitrogens with two attached hydrogens (primary N) is 1. The molecule has 0 bridgehead atoms. The quantitative estimate of drug-likeness (QED) is 0.928. The highest BCUT2D eigenvalue weighted by Gasteiger charge is 2.44. The molecule has 2 unspecified atom stereocenters. The fourth-order valence-corrected chi connectivity index (χ4v) is 4.39. The van der Waals surface area contributed by atoms with Crippen molar-refractivity contribution in [2.24, 2.45) is 11.7 Å². The van der Waals surface area contributed by atoms with Gasteiger partial charge in [-0.3, -0.25) is 4.90 Å². The Kier molecular flexibility index (Phi) is 4.23. The van der Waals surface area contributed by atoms with Crippen LogP contribution < -0.4 is 10.6 Å². The molecular formula is C18H29N3. The predicted molar refractivity (Wildman–Crippen MR) is 89.6 cm³/mol. The van der Waals surface area contributed by atoms with Crippen LogP contribution in [-0.2, 0) is 0 Å². The van der Waals surface area contributed by atoms with Crippen LogP contribution in [0.5, 0.6) is 0 Å². The van der Waals surface area contributed by atoms with Crippen molar-refractivity contribution in [3.8, 4) is 0 Å². The molecular weight excluding hydrogens is 258 g/mol. The summed E-state index contributed by atoms with van der Waals surface area (Å²) in [6.07, 6.45) is 3.70. The average molecular weight is 287 g/mol. The van der Waals surface area contributed by atoms with Gasteiger partial charge in [-0.25, -0.2) is 0 Å². The Bertz CT molecular complexity index is 451. The fourth-order valence-electron chi connectivity index (χ4n) is 4.39. The summed E-state index contributed by atoms with van der Waals surface area (Å²) in [6.45, 7) is 9.03. The molecule has 2 atom stereocenters. The van der Waals surface area contributed by atoms with Crippen molar-refractivity contribution in [2.75, 3.05) is 31.1 Å². The molecule has 0 spiro atoms. The molecule has 1 aromatic carbocycles. The van der Waals surface area contributed by atoms with E-state index in [-0.39, 0.29) is 5.54 Å². The van der Waals surface area contributed by atoms with Gasteiger partial charge in [-0.05, 0) is 44.2 Å². The first-order valence-corrected chi connectivity index (χ1v) is 8.41. The van der Waals surface area contributed by atoms with E-state index in [4.69, 9.17) is 5.73 Å². The van der Waals surface area contributed by atoms with Gasteiger partial charge in [0.25, 0.3) is 0 Å². The molecule has 2 aliphatic rings. The molecule has 3 nitrogen and oxygen atoms in total. The maximum atomic E-state index is 6.25. The molecule has 0 saturated carbocycles. The van der Waals surface area contributed by atoms with Crippen LogP contribution in [0.15, 0.2) is 30.3 Å². The highest BCUT2D eigenvalue weighted by atomic mass is 15.3. The van der Waals surface area contributed by atoms with E-state index in [0.29, 0.717) is 6.04 Å². The number of benzene rings is 1. The standard InChI is InChI=1S/C18H29N3/c1-15-12-16(2)21(13-15)18(14-19)8-10-20(11-9-18)17-6-4-3-5-7-17/h3-7,15-16H,8-14,19H2,1-2H3. The van der Waals surface area contributed by atoms with E-state index in [1.165, 1.54) is 31.5 Å². The summed E-state index contributed by atoms with van der Waals surface area (Å²) in [5.74, 6) is 0.815. The topological polar surface area (TPSA) is 32.5 Å². The molecule has 0 radical (unpaired) electrons. The highest BCUT2D eigenvalue weighted by Crippen LogP contribution is 2.37. The number of piperidine rings is 1. The zero-order valence-corrected chi connectivity index (χ0v) is 13.5. The molecule has 0 aromatic heterocycles. The van der Waals surface area contributed by atoms with Gasteiger partial charge in [-0.2, -0.15) is 0 Å². The van der Waals surface area contributed by atoms with E-state index in [9.17, 15) is 0 Å². The molecule has 2 N–H and O–H groups in total. The summed E-state index contributed by atoms with van der Waals surface area (Å²) < 4.78 is 0. The zero-order valence-electron chi connectivity index (χ0n) is 13.5. The van der Waals surface area contributed by atoms with Crippen LogP contribution in [0, 0.1) is 5.92 Å². The number of nitrogens with zero attached hydrogens (tertiary/aromatic N) is 2.